The van der Waals surface area contributed by atoms with Crippen molar-refractivity contribution < 1.29 is 9.53 Å². The van der Waals surface area contributed by atoms with Crippen LogP contribution in [0.4, 0.5) is 0 Å². The molecule has 1 aliphatic carbocycles. The highest BCUT2D eigenvalue weighted by Gasteiger charge is 2.53. The fourth-order valence-corrected chi connectivity index (χ4v) is 4.30. The van der Waals surface area contributed by atoms with Gasteiger partial charge in [-0.25, -0.2) is 0 Å². The Labute approximate surface area is 130 Å². The summed E-state index contributed by atoms with van der Waals surface area (Å²) in [5.74, 6) is 2.26. The maximum Gasteiger partial charge on any atom is 0.270 e. The summed E-state index contributed by atoms with van der Waals surface area (Å²) in [6, 6.07) is 7.76. The van der Waals surface area contributed by atoms with Gasteiger partial charge in [0.15, 0.2) is 0 Å². The molecular weight excluding hydrogens is 276 g/mol. The summed E-state index contributed by atoms with van der Waals surface area (Å²) in [5.41, 5.74) is 1.57. The SMILES string of the molecule is COc1cccc2[nH]c(C(=O)N3CC4CCC4C3(C)C)cc12. The Balaban J connectivity index is 1.71. The van der Waals surface area contributed by atoms with Gasteiger partial charge in [0, 0.05) is 23.0 Å². The van der Waals surface area contributed by atoms with Gasteiger partial charge in [0.1, 0.15) is 11.4 Å². The number of nitrogens with one attached hydrogen (secondary N) is 1. The van der Waals surface area contributed by atoms with E-state index in [0.29, 0.717) is 17.5 Å². The number of carbonyl (C=O) groups excluding carboxylic acids is 1. The number of benzene rings is 1. The zero-order valence-corrected chi connectivity index (χ0v) is 13.3. The van der Waals surface area contributed by atoms with Crippen molar-refractivity contribution in [2.24, 2.45) is 11.8 Å². The Hall–Kier alpha value is -1.97. The van der Waals surface area contributed by atoms with Crippen LogP contribution in [0.1, 0.15) is 37.2 Å². The zero-order valence-electron chi connectivity index (χ0n) is 13.3. The second kappa shape index (κ2) is 4.51. The Kier molecular flexibility index (Phi) is 2.80. The maximum atomic E-state index is 13.0. The lowest BCUT2D eigenvalue weighted by Gasteiger charge is -2.40. The Morgan fingerprint density at radius 2 is 2.18 bits per heavy atom. The van der Waals surface area contributed by atoms with Crippen molar-refractivity contribution in [3.05, 3.63) is 30.0 Å². The number of hydrogen-bond donors (Lipinski definition) is 1. The number of fused-ring (bicyclic) bond motifs is 2. The number of methoxy groups -OCH3 is 1. The summed E-state index contributed by atoms with van der Waals surface area (Å²) in [5, 5.41) is 0.966. The van der Waals surface area contributed by atoms with Crippen LogP contribution in [0.3, 0.4) is 0 Å². The van der Waals surface area contributed by atoms with E-state index in [0.717, 1.165) is 23.2 Å². The minimum atomic E-state index is -0.0403. The highest BCUT2D eigenvalue weighted by molar-refractivity contribution is 6.00. The third kappa shape index (κ3) is 1.73. The van der Waals surface area contributed by atoms with E-state index in [1.54, 1.807) is 7.11 Å². The number of amides is 1. The standard InChI is InChI=1S/C18H22N2O2/c1-18(2)13-8-7-11(13)10-20(18)17(21)15-9-12-14(19-15)5-4-6-16(12)22-3/h4-6,9,11,13,19H,7-8,10H2,1-3H3. The molecule has 1 saturated carbocycles. The molecule has 22 heavy (non-hydrogen) atoms. The van der Waals surface area contributed by atoms with Crippen LogP contribution in [0.2, 0.25) is 0 Å². The predicted molar refractivity (Wildman–Crippen MR) is 86.2 cm³/mol. The Morgan fingerprint density at radius 3 is 2.77 bits per heavy atom. The van der Waals surface area contributed by atoms with E-state index in [4.69, 9.17) is 4.74 Å². The van der Waals surface area contributed by atoms with E-state index in [2.05, 4.69) is 23.7 Å². The molecule has 1 amide bonds. The smallest absolute Gasteiger partial charge is 0.270 e. The molecule has 4 rings (SSSR count). The maximum absolute atomic E-state index is 13.0. The first-order chi connectivity index (χ1) is 10.5. The first-order valence-electron chi connectivity index (χ1n) is 8.00. The molecule has 1 aromatic heterocycles. The molecule has 2 atom stereocenters. The molecule has 2 unspecified atom stereocenters. The van der Waals surface area contributed by atoms with Crippen LogP contribution in [0.15, 0.2) is 24.3 Å². The quantitative estimate of drug-likeness (QED) is 0.923. The van der Waals surface area contributed by atoms with Crippen molar-refractivity contribution in [3.8, 4) is 5.75 Å². The number of aromatic amines is 1. The summed E-state index contributed by atoms with van der Waals surface area (Å²) < 4.78 is 5.39. The van der Waals surface area contributed by atoms with Crippen LogP contribution in [0, 0.1) is 11.8 Å². The van der Waals surface area contributed by atoms with Crippen LogP contribution in [0.5, 0.6) is 5.75 Å². The van der Waals surface area contributed by atoms with Gasteiger partial charge in [0.2, 0.25) is 0 Å². The molecule has 1 aromatic carbocycles. The molecular formula is C18H22N2O2. The van der Waals surface area contributed by atoms with Gasteiger partial charge in [0.05, 0.1) is 7.11 Å². The average molecular weight is 298 g/mol. The second-order valence-electron chi connectivity index (χ2n) is 7.12. The molecule has 1 N–H and O–H groups in total. The predicted octanol–water partition coefficient (Wildman–Crippen LogP) is 3.44. The summed E-state index contributed by atoms with van der Waals surface area (Å²) in [6.07, 6.45) is 2.51. The van der Waals surface area contributed by atoms with Crippen molar-refractivity contribution in [1.29, 1.82) is 0 Å². The lowest BCUT2D eigenvalue weighted by molar-refractivity contribution is 0.0570. The third-order valence-corrected chi connectivity index (χ3v) is 5.76. The molecule has 0 radical (unpaired) electrons. The molecule has 4 nitrogen and oxygen atoms in total. The van der Waals surface area contributed by atoms with E-state index in [1.807, 2.05) is 24.3 Å². The second-order valence-corrected chi connectivity index (χ2v) is 7.12. The normalized spacial score (nSPS) is 25.9. The number of aromatic nitrogens is 1. The summed E-state index contributed by atoms with van der Waals surface area (Å²) in [7, 11) is 1.66. The average Bonchev–Trinajstić information content (AvgIpc) is 2.95. The van der Waals surface area contributed by atoms with E-state index < -0.39 is 0 Å². The van der Waals surface area contributed by atoms with Crippen LogP contribution >= 0.6 is 0 Å². The van der Waals surface area contributed by atoms with Gasteiger partial charge in [-0.1, -0.05) is 6.07 Å². The highest BCUT2D eigenvalue weighted by atomic mass is 16.5. The Bertz CT molecular complexity index is 747. The van der Waals surface area contributed by atoms with Gasteiger partial charge in [-0.05, 0) is 56.7 Å². The van der Waals surface area contributed by atoms with Gasteiger partial charge < -0.3 is 14.6 Å². The van der Waals surface area contributed by atoms with Crippen molar-refractivity contribution in [3.63, 3.8) is 0 Å². The van der Waals surface area contributed by atoms with Crippen LogP contribution in [0.25, 0.3) is 10.9 Å². The fourth-order valence-electron chi connectivity index (χ4n) is 4.30. The van der Waals surface area contributed by atoms with Gasteiger partial charge >= 0.3 is 0 Å². The molecule has 1 aliphatic heterocycles. The molecule has 116 valence electrons. The number of H-pyrrole nitrogens is 1. The van der Waals surface area contributed by atoms with Crippen LogP contribution in [-0.2, 0) is 0 Å². The topological polar surface area (TPSA) is 45.3 Å². The lowest BCUT2D eigenvalue weighted by atomic mass is 9.68. The Morgan fingerprint density at radius 1 is 1.36 bits per heavy atom. The number of nitrogens with zero attached hydrogens (tertiary/aromatic N) is 1. The van der Waals surface area contributed by atoms with Crippen LogP contribution in [-0.4, -0.2) is 35.0 Å². The molecule has 2 aliphatic rings. The monoisotopic (exact) mass is 298 g/mol. The minimum Gasteiger partial charge on any atom is -0.496 e. The lowest BCUT2D eigenvalue weighted by Crippen LogP contribution is -2.47. The largest absolute Gasteiger partial charge is 0.496 e. The third-order valence-electron chi connectivity index (χ3n) is 5.76. The molecule has 1 saturated heterocycles. The highest BCUT2D eigenvalue weighted by Crippen LogP contribution is 2.51. The van der Waals surface area contributed by atoms with E-state index in [9.17, 15) is 4.79 Å². The van der Waals surface area contributed by atoms with Crippen molar-refractivity contribution >= 4 is 16.8 Å². The molecule has 0 bridgehead atoms. The van der Waals surface area contributed by atoms with Gasteiger partial charge in [-0.15, -0.1) is 0 Å². The van der Waals surface area contributed by atoms with Crippen molar-refractivity contribution in [1.82, 2.24) is 9.88 Å². The molecule has 2 aromatic rings. The van der Waals surface area contributed by atoms with Gasteiger partial charge in [0.25, 0.3) is 5.91 Å². The first kappa shape index (κ1) is 13.7. The zero-order chi connectivity index (χ0) is 15.5. The fraction of sp³-hybridized carbons (Fsp3) is 0.500. The molecule has 0 spiro atoms. The molecule has 2 fully saturated rings. The molecule has 4 heteroatoms. The van der Waals surface area contributed by atoms with Gasteiger partial charge in [-0.2, -0.15) is 0 Å². The number of rotatable bonds is 2. The number of likely N-dealkylation sites (tertiary alicyclic amines) is 1. The first-order valence-corrected chi connectivity index (χ1v) is 8.00. The molecule has 2 heterocycles. The van der Waals surface area contributed by atoms with Crippen molar-refractivity contribution in [2.45, 2.75) is 32.2 Å². The van der Waals surface area contributed by atoms with Crippen LogP contribution < -0.4 is 4.74 Å². The summed E-state index contributed by atoms with van der Waals surface area (Å²) >= 11 is 0. The van der Waals surface area contributed by atoms with Crippen molar-refractivity contribution in [2.75, 3.05) is 13.7 Å². The minimum absolute atomic E-state index is 0.0403. The van der Waals surface area contributed by atoms with E-state index in [-0.39, 0.29) is 11.4 Å². The number of ether oxygens (including phenoxy) is 1. The van der Waals surface area contributed by atoms with E-state index in [1.165, 1.54) is 12.8 Å². The number of hydrogen-bond acceptors (Lipinski definition) is 2. The van der Waals surface area contributed by atoms with E-state index >= 15 is 0 Å². The van der Waals surface area contributed by atoms with Gasteiger partial charge in [-0.3, -0.25) is 4.79 Å². The number of carbonyl (C=O) groups is 1. The summed E-state index contributed by atoms with van der Waals surface area (Å²) in [6.45, 7) is 5.30. The summed E-state index contributed by atoms with van der Waals surface area (Å²) in [4.78, 5) is 18.3.